The number of carbonyl (C=O) groups excluding carboxylic acids is 1. The Morgan fingerprint density at radius 3 is 2.92 bits per heavy atom. The number of anilines is 1. The molecule has 1 amide bonds. The van der Waals surface area contributed by atoms with E-state index in [1.54, 1.807) is 6.20 Å². The summed E-state index contributed by atoms with van der Waals surface area (Å²) < 4.78 is 5.67. The minimum atomic E-state index is -0.166. The predicted octanol–water partition coefficient (Wildman–Crippen LogP) is 3.74. The van der Waals surface area contributed by atoms with Crippen LogP contribution < -0.4 is 10.1 Å². The highest BCUT2D eigenvalue weighted by molar-refractivity contribution is 5.92. The molecule has 0 saturated heterocycles. The number of ether oxygens (including phenoxy) is 1. The first-order chi connectivity index (χ1) is 11.8. The fourth-order valence-electron chi connectivity index (χ4n) is 3.18. The number of hydrogen-bond acceptors (Lipinski definition) is 3. The molecule has 4 heteroatoms. The van der Waals surface area contributed by atoms with Crippen LogP contribution in [0.25, 0.3) is 10.9 Å². The van der Waals surface area contributed by atoms with E-state index in [9.17, 15) is 4.79 Å². The average Bonchev–Trinajstić information content (AvgIpc) is 3.07. The third-order valence-electron chi connectivity index (χ3n) is 4.34. The van der Waals surface area contributed by atoms with Crippen LogP contribution in [0.4, 0.5) is 5.69 Å². The van der Waals surface area contributed by atoms with E-state index in [2.05, 4.69) is 22.4 Å². The Kier molecular flexibility index (Phi) is 3.87. The van der Waals surface area contributed by atoms with Crippen LogP contribution in [0.15, 0.2) is 54.7 Å². The van der Waals surface area contributed by atoms with E-state index in [0.717, 1.165) is 29.4 Å². The first-order valence-corrected chi connectivity index (χ1v) is 8.18. The average molecular weight is 318 g/mol. The zero-order valence-corrected chi connectivity index (χ0v) is 13.3. The fraction of sp³-hybridized carbons (Fsp3) is 0.200. The first-order valence-electron chi connectivity index (χ1n) is 8.18. The molecule has 24 heavy (non-hydrogen) atoms. The lowest BCUT2D eigenvalue weighted by Gasteiger charge is -2.10. The van der Waals surface area contributed by atoms with Gasteiger partial charge in [0.25, 0.3) is 5.91 Å². The Bertz CT molecular complexity index is 900. The molecule has 4 nitrogen and oxygen atoms in total. The number of fused-ring (bicyclic) bond motifs is 2. The molecule has 3 aromatic rings. The summed E-state index contributed by atoms with van der Waals surface area (Å²) in [6.07, 6.45) is 5.15. The van der Waals surface area contributed by atoms with Gasteiger partial charge in [-0.1, -0.05) is 24.3 Å². The van der Waals surface area contributed by atoms with Crippen molar-refractivity contribution in [3.8, 4) is 5.75 Å². The molecule has 2 aromatic carbocycles. The standard InChI is InChI=1S/C20H18N2O2/c23-19(22-17-10-9-14-4-1-6-16(14)12-17)13-24-18-8-2-5-15-7-3-11-21-20(15)18/h2-3,5,7-12H,1,4,6,13H2,(H,22,23). The summed E-state index contributed by atoms with van der Waals surface area (Å²) in [7, 11) is 0. The highest BCUT2D eigenvalue weighted by Crippen LogP contribution is 2.25. The van der Waals surface area contributed by atoms with E-state index in [-0.39, 0.29) is 12.5 Å². The minimum Gasteiger partial charge on any atom is -0.481 e. The van der Waals surface area contributed by atoms with Crippen LogP contribution in [-0.4, -0.2) is 17.5 Å². The smallest absolute Gasteiger partial charge is 0.262 e. The van der Waals surface area contributed by atoms with Crippen molar-refractivity contribution in [3.63, 3.8) is 0 Å². The summed E-state index contributed by atoms with van der Waals surface area (Å²) in [6.45, 7) is -0.0349. The van der Waals surface area contributed by atoms with Crippen molar-refractivity contribution in [2.24, 2.45) is 0 Å². The SMILES string of the molecule is O=C(COc1cccc2cccnc12)Nc1ccc2c(c1)CCC2. The van der Waals surface area contributed by atoms with Gasteiger partial charge >= 0.3 is 0 Å². The number of nitrogens with zero attached hydrogens (tertiary/aromatic N) is 1. The van der Waals surface area contributed by atoms with E-state index in [0.29, 0.717) is 5.75 Å². The molecular weight excluding hydrogens is 300 g/mol. The molecule has 1 aliphatic carbocycles. The van der Waals surface area contributed by atoms with Crippen molar-refractivity contribution in [1.29, 1.82) is 0 Å². The summed E-state index contributed by atoms with van der Waals surface area (Å²) >= 11 is 0. The van der Waals surface area contributed by atoms with Gasteiger partial charge in [-0.2, -0.15) is 0 Å². The molecule has 4 rings (SSSR count). The maximum atomic E-state index is 12.2. The molecule has 1 heterocycles. The van der Waals surface area contributed by atoms with E-state index in [1.165, 1.54) is 17.5 Å². The summed E-state index contributed by atoms with van der Waals surface area (Å²) in [5.41, 5.74) is 4.34. The summed E-state index contributed by atoms with van der Waals surface area (Å²) in [4.78, 5) is 16.5. The molecule has 0 aliphatic heterocycles. The number of aromatic nitrogens is 1. The van der Waals surface area contributed by atoms with Crippen molar-refractivity contribution in [1.82, 2.24) is 4.98 Å². The number of carbonyl (C=O) groups is 1. The zero-order chi connectivity index (χ0) is 16.4. The normalized spacial score (nSPS) is 12.8. The Morgan fingerprint density at radius 2 is 1.96 bits per heavy atom. The number of pyridine rings is 1. The van der Waals surface area contributed by atoms with Gasteiger partial charge in [0.2, 0.25) is 0 Å². The quantitative estimate of drug-likeness (QED) is 0.797. The Hall–Kier alpha value is -2.88. The second kappa shape index (κ2) is 6.32. The molecule has 1 aliphatic rings. The van der Waals surface area contributed by atoms with Crippen molar-refractivity contribution < 1.29 is 9.53 Å². The molecule has 1 N–H and O–H groups in total. The van der Waals surface area contributed by atoms with Crippen LogP contribution in [0.5, 0.6) is 5.75 Å². The molecule has 0 spiro atoms. The van der Waals surface area contributed by atoms with Gasteiger partial charge in [0, 0.05) is 17.3 Å². The van der Waals surface area contributed by atoms with Crippen molar-refractivity contribution in [2.45, 2.75) is 19.3 Å². The Morgan fingerprint density at radius 1 is 1.08 bits per heavy atom. The van der Waals surface area contributed by atoms with Gasteiger partial charge in [0.05, 0.1) is 0 Å². The van der Waals surface area contributed by atoms with Gasteiger partial charge in [0.1, 0.15) is 11.3 Å². The van der Waals surface area contributed by atoms with Gasteiger partial charge < -0.3 is 10.1 Å². The number of para-hydroxylation sites is 1. The van der Waals surface area contributed by atoms with Crippen LogP contribution >= 0.6 is 0 Å². The number of rotatable bonds is 4. The lowest BCUT2D eigenvalue weighted by Crippen LogP contribution is -2.20. The number of benzene rings is 2. The largest absolute Gasteiger partial charge is 0.481 e. The summed E-state index contributed by atoms with van der Waals surface area (Å²) in [6, 6.07) is 15.7. The molecule has 0 fully saturated rings. The van der Waals surface area contributed by atoms with Gasteiger partial charge in [-0.15, -0.1) is 0 Å². The first kappa shape index (κ1) is 14.7. The second-order valence-corrected chi connectivity index (χ2v) is 6.01. The topological polar surface area (TPSA) is 51.2 Å². The molecule has 1 aromatic heterocycles. The van der Waals surface area contributed by atoms with E-state index >= 15 is 0 Å². The van der Waals surface area contributed by atoms with Crippen LogP contribution in [0.3, 0.4) is 0 Å². The molecule has 0 atom stereocenters. The maximum Gasteiger partial charge on any atom is 0.262 e. The van der Waals surface area contributed by atoms with Crippen molar-refractivity contribution in [2.75, 3.05) is 11.9 Å². The lowest BCUT2D eigenvalue weighted by molar-refractivity contribution is -0.118. The summed E-state index contributed by atoms with van der Waals surface area (Å²) in [5, 5.41) is 3.90. The van der Waals surface area contributed by atoms with Gasteiger partial charge in [-0.3, -0.25) is 9.78 Å². The molecule has 0 radical (unpaired) electrons. The Balaban J connectivity index is 1.43. The zero-order valence-electron chi connectivity index (χ0n) is 13.3. The van der Waals surface area contributed by atoms with E-state index < -0.39 is 0 Å². The van der Waals surface area contributed by atoms with E-state index in [1.807, 2.05) is 36.4 Å². The van der Waals surface area contributed by atoms with Crippen LogP contribution in [0, 0.1) is 0 Å². The Labute approximate surface area is 140 Å². The molecule has 0 unspecified atom stereocenters. The molecule has 120 valence electrons. The van der Waals surface area contributed by atoms with Crippen LogP contribution in [0.1, 0.15) is 17.5 Å². The van der Waals surface area contributed by atoms with Crippen molar-refractivity contribution in [3.05, 3.63) is 65.9 Å². The molecule has 0 bridgehead atoms. The number of amides is 1. The molecule has 0 saturated carbocycles. The van der Waals surface area contributed by atoms with Gasteiger partial charge in [-0.05, 0) is 54.7 Å². The number of hydrogen-bond donors (Lipinski definition) is 1. The maximum absolute atomic E-state index is 12.2. The minimum absolute atomic E-state index is 0.0349. The second-order valence-electron chi connectivity index (χ2n) is 6.01. The summed E-state index contributed by atoms with van der Waals surface area (Å²) in [5.74, 6) is 0.457. The van der Waals surface area contributed by atoms with Crippen molar-refractivity contribution >= 4 is 22.5 Å². The highest BCUT2D eigenvalue weighted by Gasteiger charge is 2.12. The van der Waals surface area contributed by atoms with Crippen LogP contribution in [0.2, 0.25) is 0 Å². The third kappa shape index (κ3) is 2.95. The van der Waals surface area contributed by atoms with E-state index in [4.69, 9.17) is 4.74 Å². The molecular formula is C20H18N2O2. The number of aryl methyl sites for hydroxylation is 2. The highest BCUT2D eigenvalue weighted by atomic mass is 16.5. The number of nitrogens with one attached hydrogen (secondary N) is 1. The van der Waals surface area contributed by atoms with Gasteiger partial charge in [-0.25, -0.2) is 0 Å². The monoisotopic (exact) mass is 318 g/mol. The fourth-order valence-corrected chi connectivity index (χ4v) is 3.18. The van der Waals surface area contributed by atoms with Crippen LogP contribution in [-0.2, 0) is 17.6 Å². The predicted molar refractivity (Wildman–Crippen MR) is 94.3 cm³/mol. The van der Waals surface area contributed by atoms with Gasteiger partial charge in [0.15, 0.2) is 6.61 Å². The lowest BCUT2D eigenvalue weighted by atomic mass is 10.1. The third-order valence-corrected chi connectivity index (χ3v) is 4.34.